The van der Waals surface area contributed by atoms with Crippen molar-refractivity contribution in [2.45, 2.75) is 44.6 Å². The predicted octanol–water partition coefficient (Wildman–Crippen LogP) is 1.92. The lowest BCUT2D eigenvalue weighted by atomic mass is 9.77. The van der Waals surface area contributed by atoms with E-state index in [1.165, 1.54) is 32.1 Å². The van der Waals surface area contributed by atoms with Gasteiger partial charge in [0.2, 0.25) is 0 Å². The zero-order valence-corrected chi connectivity index (χ0v) is 7.27. The summed E-state index contributed by atoms with van der Waals surface area (Å²) in [5.74, 6) is 3.25. The van der Waals surface area contributed by atoms with Crippen molar-refractivity contribution in [3.8, 4) is 12.3 Å². The van der Waals surface area contributed by atoms with Crippen LogP contribution in [0.2, 0.25) is 0 Å². The Morgan fingerprint density at radius 3 is 2.36 bits per heavy atom. The Labute approximate surface area is 69.4 Å². The largest absolute Gasteiger partial charge is 0.315 e. The summed E-state index contributed by atoms with van der Waals surface area (Å²) in [4.78, 5) is 0. The molecular formula is C10H17N. The molecule has 0 aromatic rings. The maximum absolute atomic E-state index is 5.95. The van der Waals surface area contributed by atoms with Crippen LogP contribution in [0.1, 0.15) is 39.0 Å². The van der Waals surface area contributed by atoms with Gasteiger partial charge in [-0.15, -0.1) is 6.42 Å². The van der Waals surface area contributed by atoms with Crippen molar-refractivity contribution in [3.05, 3.63) is 0 Å². The van der Waals surface area contributed by atoms with Gasteiger partial charge in [0, 0.05) is 0 Å². The van der Waals surface area contributed by atoms with E-state index >= 15 is 0 Å². The fourth-order valence-corrected chi connectivity index (χ4v) is 1.82. The molecule has 0 spiro atoms. The van der Waals surface area contributed by atoms with E-state index < -0.39 is 0 Å². The van der Waals surface area contributed by atoms with Gasteiger partial charge in [-0.25, -0.2) is 0 Å². The van der Waals surface area contributed by atoms with Crippen LogP contribution in [0.25, 0.3) is 0 Å². The van der Waals surface area contributed by atoms with Crippen LogP contribution in [-0.2, 0) is 0 Å². The third kappa shape index (κ3) is 1.97. The van der Waals surface area contributed by atoms with E-state index in [1.807, 2.05) is 6.92 Å². The molecule has 1 fully saturated rings. The van der Waals surface area contributed by atoms with Crippen molar-refractivity contribution in [1.29, 1.82) is 0 Å². The van der Waals surface area contributed by atoms with Gasteiger partial charge in [0.1, 0.15) is 0 Å². The highest BCUT2D eigenvalue weighted by atomic mass is 14.7. The fraction of sp³-hybridized carbons (Fsp3) is 0.800. The molecule has 1 rings (SSSR count). The summed E-state index contributed by atoms with van der Waals surface area (Å²) in [5, 5.41) is 0. The SMILES string of the molecule is C#C[C@@](C)(N)C1CCCCC1. The van der Waals surface area contributed by atoms with Crippen LogP contribution in [0.3, 0.4) is 0 Å². The topological polar surface area (TPSA) is 26.0 Å². The lowest BCUT2D eigenvalue weighted by Gasteiger charge is -2.32. The van der Waals surface area contributed by atoms with Crippen LogP contribution in [0.4, 0.5) is 0 Å². The monoisotopic (exact) mass is 151 g/mol. The molecule has 1 aliphatic rings. The second-order valence-corrected chi connectivity index (χ2v) is 3.76. The van der Waals surface area contributed by atoms with Gasteiger partial charge in [0.15, 0.2) is 0 Å². The van der Waals surface area contributed by atoms with Gasteiger partial charge in [-0.05, 0) is 25.7 Å². The Kier molecular flexibility index (Phi) is 2.57. The zero-order valence-electron chi connectivity index (χ0n) is 7.27. The number of hydrogen-bond donors (Lipinski definition) is 1. The van der Waals surface area contributed by atoms with E-state index in [9.17, 15) is 0 Å². The first kappa shape index (κ1) is 8.62. The van der Waals surface area contributed by atoms with Crippen LogP contribution in [0.5, 0.6) is 0 Å². The molecular weight excluding hydrogens is 134 g/mol. The highest BCUT2D eigenvalue weighted by Gasteiger charge is 2.28. The minimum Gasteiger partial charge on any atom is -0.315 e. The Morgan fingerprint density at radius 1 is 1.36 bits per heavy atom. The zero-order chi connectivity index (χ0) is 8.32. The van der Waals surface area contributed by atoms with E-state index in [-0.39, 0.29) is 5.54 Å². The highest BCUT2D eigenvalue weighted by Crippen LogP contribution is 2.30. The summed E-state index contributed by atoms with van der Waals surface area (Å²) in [6.45, 7) is 1.98. The van der Waals surface area contributed by atoms with Crippen molar-refractivity contribution >= 4 is 0 Å². The van der Waals surface area contributed by atoms with Gasteiger partial charge in [0.05, 0.1) is 5.54 Å². The van der Waals surface area contributed by atoms with Gasteiger partial charge in [-0.3, -0.25) is 0 Å². The Bertz CT molecular complexity index is 158. The molecule has 1 nitrogen and oxygen atoms in total. The molecule has 0 amide bonds. The molecule has 0 aromatic carbocycles. The molecule has 1 saturated carbocycles. The van der Waals surface area contributed by atoms with E-state index in [2.05, 4.69) is 5.92 Å². The van der Waals surface area contributed by atoms with Gasteiger partial charge >= 0.3 is 0 Å². The summed E-state index contributed by atoms with van der Waals surface area (Å²) in [6.07, 6.45) is 11.8. The number of rotatable bonds is 1. The van der Waals surface area contributed by atoms with E-state index in [4.69, 9.17) is 12.2 Å². The van der Waals surface area contributed by atoms with Gasteiger partial charge in [-0.1, -0.05) is 25.2 Å². The van der Waals surface area contributed by atoms with E-state index in [1.54, 1.807) is 0 Å². The van der Waals surface area contributed by atoms with Gasteiger partial charge in [0.25, 0.3) is 0 Å². The van der Waals surface area contributed by atoms with Crippen molar-refractivity contribution < 1.29 is 0 Å². The van der Waals surface area contributed by atoms with Crippen LogP contribution >= 0.6 is 0 Å². The van der Waals surface area contributed by atoms with Crippen molar-refractivity contribution in [3.63, 3.8) is 0 Å². The summed E-state index contributed by atoms with van der Waals surface area (Å²) in [7, 11) is 0. The predicted molar refractivity (Wildman–Crippen MR) is 48.0 cm³/mol. The number of hydrogen-bond acceptors (Lipinski definition) is 1. The molecule has 1 atom stereocenters. The summed E-state index contributed by atoms with van der Waals surface area (Å²) in [6, 6.07) is 0. The Morgan fingerprint density at radius 2 is 1.91 bits per heavy atom. The lowest BCUT2D eigenvalue weighted by Crippen LogP contribution is -2.43. The average Bonchev–Trinajstić information content (AvgIpc) is 2.06. The second-order valence-electron chi connectivity index (χ2n) is 3.76. The first-order valence-corrected chi connectivity index (χ1v) is 4.43. The van der Waals surface area contributed by atoms with Crippen molar-refractivity contribution in [2.24, 2.45) is 11.7 Å². The molecule has 0 radical (unpaired) electrons. The summed E-state index contributed by atoms with van der Waals surface area (Å²) in [5.41, 5.74) is 5.59. The highest BCUT2D eigenvalue weighted by molar-refractivity contribution is 5.11. The number of nitrogens with two attached hydrogens (primary N) is 1. The minimum atomic E-state index is -0.361. The Balaban J connectivity index is 2.52. The number of terminal acetylenes is 1. The quantitative estimate of drug-likeness (QED) is 0.569. The molecule has 0 aliphatic heterocycles. The minimum absolute atomic E-state index is 0.361. The summed E-state index contributed by atoms with van der Waals surface area (Å²) >= 11 is 0. The van der Waals surface area contributed by atoms with Gasteiger partial charge < -0.3 is 5.73 Å². The molecule has 2 N–H and O–H groups in total. The molecule has 0 saturated heterocycles. The molecule has 62 valence electrons. The van der Waals surface area contributed by atoms with E-state index in [0.29, 0.717) is 5.92 Å². The standard InChI is InChI=1S/C10H17N/c1-3-10(2,11)9-7-5-4-6-8-9/h1,9H,4-8,11H2,2H3/t10-/m1/s1. The molecule has 1 aliphatic carbocycles. The third-order valence-corrected chi connectivity index (χ3v) is 2.76. The van der Waals surface area contributed by atoms with Crippen LogP contribution in [-0.4, -0.2) is 5.54 Å². The van der Waals surface area contributed by atoms with Crippen LogP contribution in [0, 0.1) is 18.3 Å². The van der Waals surface area contributed by atoms with Crippen LogP contribution < -0.4 is 5.73 Å². The molecule has 0 aromatic heterocycles. The first-order chi connectivity index (χ1) is 5.17. The van der Waals surface area contributed by atoms with Crippen molar-refractivity contribution in [2.75, 3.05) is 0 Å². The van der Waals surface area contributed by atoms with Crippen LogP contribution in [0.15, 0.2) is 0 Å². The summed E-state index contributed by atoms with van der Waals surface area (Å²) < 4.78 is 0. The van der Waals surface area contributed by atoms with Gasteiger partial charge in [-0.2, -0.15) is 0 Å². The fourth-order valence-electron chi connectivity index (χ4n) is 1.82. The molecule has 0 bridgehead atoms. The Hall–Kier alpha value is -0.480. The smallest absolute Gasteiger partial charge is 0.0773 e. The molecule has 1 heteroatoms. The molecule has 0 heterocycles. The van der Waals surface area contributed by atoms with E-state index in [0.717, 1.165) is 0 Å². The maximum atomic E-state index is 5.95. The first-order valence-electron chi connectivity index (χ1n) is 4.43. The molecule has 0 unspecified atom stereocenters. The van der Waals surface area contributed by atoms with Crippen molar-refractivity contribution in [1.82, 2.24) is 0 Å². The average molecular weight is 151 g/mol. The molecule has 11 heavy (non-hydrogen) atoms. The normalized spacial score (nSPS) is 25.5. The lowest BCUT2D eigenvalue weighted by molar-refractivity contribution is 0.272. The third-order valence-electron chi connectivity index (χ3n) is 2.76. The second kappa shape index (κ2) is 3.28. The maximum Gasteiger partial charge on any atom is 0.0773 e.